The molecule has 0 fully saturated rings. The average Bonchev–Trinajstić information content (AvgIpc) is 2.45. The van der Waals surface area contributed by atoms with Gasteiger partial charge in [-0.2, -0.15) is 0 Å². The third-order valence-corrected chi connectivity index (χ3v) is 3.63. The summed E-state index contributed by atoms with van der Waals surface area (Å²) in [5.74, 6) is -0.131. The Morgan fingerprint density at radius 1 is 1.43 bits per heavy atom. The Balaban J connectivity index is 3.00. The zero-order valence-corrected chi connectivity index (χ0v) is 13.6. The number of carbonyl (C=O) groups excluding carboxylic acids is 1. The van der Waals surface area contributed by atoms with E-state index >= 15 is 0 Å². The smallest absolute Gasteiger partial charge is 0.225 e. The first-order valence-electron chi connectivity index (χ1n) is 6.65. The molecule has 1 rings (SSSR count). The minimum atomic E-state index is -0.987. The van der Waals surface area contributed by atoms with Crippen molar-refractivity contribution in [3.05, 3.63) is 28.5 Å². The summed E-state index contributed by atoms with van der Waals surface area (Å²) in [6.45, 7) is 3.43. The van der Waals surface area contributed by atoms with Crippen LogP contribution in [0.2, 0.25) is 5.02 Å². The molecule has 1 unspecified atom stereocenters. The molecule has 7 heteroatoms. The van der Waals surface area contributed by atoms with Gasteiger partial charge in [-0.25, -0.2) is 0 Å². The molecule has 1 heterocycles. The van der Waals surface area contributed by atoms with Crippen LogP contribution in [0.3, 0.4) is 0 Å². The number of rotatable bonds is 7. The van der Waals surface area contributed by atoms with E-state index in [-0.39, 0.29) is 30.8 Å². The highest BCUT2D eigenvalue weighted by atomic mass is 35.5. The molecule has 0 aromatic carbocycles. The van der Waals surface area contributed by atoms with Gasteiger partial charge in [-0.05, 0) is 11.1 Å². The van der Waals surface area contributed by atoms with Gasteiger partial charge < -0.3 is 15.1 Å². The van der Waals surface area contributed by atoms with Crippen molar-refractivity contribution in [3.8, 4) is 0 Å². The first-order chi connectivity index (χ1) is 9.90. The van der Waals surface area contributed by atoms with Gasteiger partial charge in [0.15, 0.2) is 0 Å². The molecule has 0 spiro atoms. The summed E-state index contributed by atoms with van der Waals surface area (Å²) in [7, 11) is 0. The van der Waals surface area contributed by atoms with Gasteiger partial charge in [-0.1, -0.05) is 25.4 Å². The Kier molecular flexibility index (Phi) is 7.39. The molecule has 1 aromatic rings. The van der Waals surface area contributed by atoms with Gasteiger partial charge >= 0.3 is 0 Å². The van der Waals surface area contributed by atoms with Crippen LogP contribution in [0.25, 0.3) is 0 Å². The van der Waals surface area contributed by atoms with Gasteiger partial charge in [-0.3, -0.25) is 9.78 Å². The van der Waals surface area contributed by atoms with Gasteiger partial charge in [0, 0.05) is 37.3 Å². The van der Waals surface area contributed by atoms with Crippen molar-refractivity contribution in [2.45, 2.75) is 32.4 Å². The minimum absolute atomic E-state index is 0.0434. The Morgan fingerprint density at radius 2 is 2.10 bits per heavy atom. The van der Waals surface area contributed by atoms with E-state index < -0.39 is 12.7 Å². The van der Waals surface area contributed by atoms with E-state index in [1.165, 1.54) is 11.1 Å². The van der Waals surface area contributed by atoms with Crippen LogP contribution in [0.15, 0.2) is 12.4 Å². The summed E-state index contributed by atoms with van der Waals surface area (Å²) in [4.78, 5) is 17.7. The number of aliphatic hydroxyl groups excluding tert-OH is 2. The number of hydrogen-bond acceptors (Lipinski definition) is 4. The Bertz CT molecular complexity index is 483. The van der Waals surface area contributed by atoms with Crippen LogP contribution in [-0.4, -0.2) is 45.3 Å². The third kappa shape index (κ3) is 5.11. The van der Waals surface area contributed by atoms with E-state index in [1.807, 2.05) is 0 Å². The molecule has 21 heavy (non-hydrogen) atoms. The Labute approximate surface area is 134 Å². The molecule has 2 N–H and O–H groups in total. The van der Waals surface area contributed by atoms with Crippen LogP contribution in [0.1, 0.15) is 25.0 Å². The molecule has 118 valence electrons. The summed E-state index contributed by atoms with van der Waals surface area (Å²) >= 11 is 11.9. The van der Waals surface area contributed by atoms with Crippen molar-refractivity contribution in [1.29, 1.82) is 0 Å². The summed E-state index contributed by atoms with van der Waals surface area (Å²) in [6, 6.07) is 0. The molecule has 1 aromatic heterocycles. The lowest BCUT2D eigenvalue weighted by atomic mass is 10.1. The highest BCUT2D eigenvalue weighted by Gasteiger charge is 2.21. The van der Waals surface area contributed by atoms with E-state index in [0.29, 0.717) is 10.6 Å². The second kappa shape index (κ2) is 8.54. The highest BCUT2D eigenvalue weighted by molar-refractivity contribution is 6.32. The van der Waals surface area contributed by atoms with Crippen molar-refractivity contribution in [2.24, 2.45) is 5.92 Å². The fraction of sp³-hybridized carbons (Fsp3) is 0.571. The first kappa shape index (κ1) is 18.2. The van der Waals surface area contributed by atoms with Crippen molar-refractivity contribution >= 4 is 29.1 Å². The maximum absolute atomic E-state index is 12.2. The van der Waals surface area contributed by atoms with Gasteiger partial charge in [0.2, 0.25) is 5.91 Å². The fourth-order valence-corrected chi connectivity index (χ4v) is 2.53. The average molecular weight is 335 g/mol. The predicted octanol–water partition coefficient (Wildman–Crippen LogP) is 1.81. The van der Waals surface area contributed by atoms with Crippen LogP contribution >= 0.6 is 23.2 Å². The van der Waals surface area contributed by atoms with Gasteiger partial charge in [0.05, 0.1) is 17.7 Å². The van der Waals surface area contributed by atoms with Gasteiger partial charge in [0.1, 0.15) is 0 Å². The van der Waals surface area contributed by atoms with Crippen molar-refractivity contribution in [3.63, 3.8) is 0 Å². The molecular weight excluding hydrogens is 315 g/mol. The largest absolute Gasteiger partial charge is 0.394 e. The Hall–Kier alpha value is -0.880. The number of hydrogen-bond donors (Lipinski definition) is 2. The van der Waals surface area contributed by atoms with E-state index in [9.17, 15) is 9.90 Å². The molecule has 0 aliphatic heterocycles. The van der Waals surface area contributed by atoms with Crippen LogP contribution in [0, 0.1) is 5.92 Å². The lowest BCUT2D eigenvalue weighted by Gasteiger charge is -2.27. The Morgan fingerprint density at radius 3 is 2.62 bits per heavy atom. The van der Waals surface area contributed by atoms with Crippen molar-refractivity contribution in [1.82, 2.24) is 9.88 Å². The van der Waals surface area contributed by atoms with Crippen LogP contribution in [-0.2, 0) is 17.2 Å². The van der Waals surface area contributed by atoms with E-state index in [0.717, 1.165) is 5.56 Å². The molecule has 0 saturated carbocycles. The number of amides is 1. The van der Waals surface area contributed by atoms with E-state index in [1.54, 1.807) is 20.0 Å². The number of nitrogens with zero attached hydrogens (tertiary/aromatic N) is 2. The van der Waals surface area contributed by atoms with Crippen molar-refractivity contribution in [2.75, 3.05) is 13.2 Å². The van der Waals surface area contributed by atoms with E-state index in [4.69, 9.17) is 28.3 Å². The third-order valence-electron chi connectivity index (χ3n) is 3.04. The number of aliphatic hydroxyl groups is 2. The summed E-state index contributed by atoms with van der Waals surface area (Å²) in [5, 5.41) is 19.0. The molecule has 0 saturated heterocycles. The zero-order valence-electron chi connectivity index (χ0n) is 12.1. The quantitative estimate of drug-likeness (QED) is 0.746. The maximum atomic E-state index is 12.2. The second-order valence-corrected chi connectivity index (χ2v) is 5.78. The number of pyridine rings is 1. The highest BCUT2D eigenvalue weighted by Crippen LogP contribution is 2.22. The van der Waals surface area contributed by atoms with E-state index in [2.05, 4.69) is 4.98 Å². The molecule has 0 aliphatic rings. The predicted molar refractivity (Wildman–Crippen MR) is 82.2 cm³/mol. The molecule has 0 aliphatic carbocycles. The summed E-state index contributed by atoms with van der Waals surface area (Å²) in [6.07, 6.45) is 2.12. The molecule has 1 atom stereocenters. The van der Waals surface area contributed by atoms with Gasteiger partial charge in [-0.15, -0.1) is 11.6 Å². The van der Waals surface area contributed by atoms with Crippen LogP contribution < -0.4 is 0 Å². The first-order valence-corrected chi connectivity index (χ1v) is 7.56. The fourth-order valence-electron chi connectivity index (χ4n) is 1.90. The van der Waals surface area contributed by atoms with Crippen LogP contribution in [0.5, 0.6) is 0 Å². The maximum Gasteiger partial charge on any atom is 0.225 e. The lowest BCUT2D eigenvalue weighted by Crippen LogP contribution is -2.40. The SMILES string of the molecule is CC(C)C(=O)N(Cc1cncc(Cl)c1CCl)CC(O)CO. The normalized spacial score (nSPS) is 12.5. The monoisotopic (exact) mass is 334 g/mol. The number of aromatic nitrogens is 1. The van der Waals surface area contributed by atoms with Crippen LogP contribution in [0.4, 0.5) is 0 Å². The number of alkyl halides is 1. The molecule has 1 amide bonds. The summed E-state index contributed by atoms with van der Waals surface area (Å²) < 4.78 is 0. The standard InChI is InChI=1S/C14H20Cl2N2O3/c1-9(2)14(21)18(7-11(20)8-19)6-10-4-17-5-13(16)12(10)3-15/h4-5,9,11,19-20H,3,6-8H2,1-2H3. The van der Waals surface area contributed by atoms with Crippen molar-refractivity contribution < 1.29 is 15.0 Å². The summed E-state index contributed by atoms with van der Waals surface area (Å²) in [5.41, 5.74) is 1.45. The minimum Gasteiger partial charge on any atom is -0.394 e. The molecule has 0 radical (unpaired) electrons. The molecule has 0 bridgehead atoms. The molecule has 5 nitrogen and oxygen atoms in total. The number of halogens is 2. The van der Waals surface area contributed by atoms with Gasteiger partial charge in [0.25, 0.3) is 0 Å². The lowest BCUT2D eigenvalue weighted by molar-refractivity contribution is -0.136. The molecular formula is C14H20Cl2N2O3. The second-order valence-electron chi connectivity index (χ2n) is 5.10. The zero-order chi connectivity index (χ0) is 16.0. The number of carbonyl (C=O) groups is 1. The topological polar surface area (TPSA) is 73.7 Å².